The van der Waals surface area contributed by atoms with E-state index in [1.807, 2.05) is 18.2 Å². The predicted molar refractivity (Wildman–Crippen MR) is 83.2 cm³/mol. The van der Waals surface area contributed by atoms with Crippen LogP contribution in [-0.4, -0.2) is 31.7 Å². The molecule has 0 radical (unpaired) electrons. The second-order valence-electron chi connectivity index (χ2n) is 4.56. The van der Waals surface area contributed by atoms with Gasteiger partial charge in [-0.25, -0.2) is 9.59 Å². The minimum Gasteiger partial charge on any atom is -0.467 e. The van der Waals surface area contributed by atoms with E-state index >= 15 is 0 Å². The molecule has 0 bridgehead atoms. The van der Waals surface area contributed by atoms with Crippen LogP contribution in [-0.2, 0) is 19.1 Å². The third-order valence-electron chi connectivity index (χ3n) is 3.11. The van der Waals surface area contributed by atoms with Gasteiger partial charge in [-0.3, -0.25) is 0 Å². The molecule has 5 nitrogen and oxygen atoms in total. The molecule has 0 fully saturated rings. The Balaban J connectivity index is 2.61. The normalized spacial score (nSPS) is 20.3. The van der Waals surface area contributed by atoms with Gasteiger partial charge in [0.05, 0.1) is 19.8 Å². The van der Waals surface area contributed by atoms with Crippen molar-refractivity contribution < 1.29 is 19.1 Å². The summed E-state index contributed by atoms with van der Waals surface area (Å²) in [5, 5.41) is 3.10. The molecule has 0 amide bonds. The molecule has 0 spiro atoms. The lowest BCUT2D eigenvalue weighted by Gasteiger charge is -2.32. The van der Waals surface area contributed by atoms with Gasteiger partial charge >= 0.3 is 11.9 Å². The summed E-state index contributed by atoms with van der Waals surface area (Å²) in [5.41, 5.74) is 0.664. The Kier molecular flexibility index (Phi) is 4.03. The van der Waals surface area contributed by atoms with Crippen LogP contribution in [0, 0.1) is 3.57 Å². The van der Waals surface area contributed by atoms with Crippen LogP contribution >= 0.6 is 22.6 Å². The summed E-state index contributed by atoms with van der Waals surface area (Å²) in [6.45, 7) is 1.66. The van der Waals surface area contributed by atoms with Crippen LogP contribution in [0.4, 0.5) is 5.69 Å². The number of benzene rings is 1. The number of methoxy groups -OCH3 is 2. The highest BCUT2D eigenvalue weighted by Crippen LogP contribution is 2.36. The number of carbonyl (C=O) groups is 2. The Morgan fingerprint density at radius 3 is 2.55 bits per heavy atom. The quantitative estimate of drug-likeness (QED) is 0.623. The molecule has 20 heavy (non-hydrogen) atoms. The molecule has 0 unspecified atom stereocenters. The van der Waals surface area contributed by atoms with Crippen LogP contribution in [0.1, 0.15) is 12.5 Å². The molecule has 1 aliphatic heterocycles. The van der Waals surface area contributed by atoms with Gasteiger partial charge < -0.3 is 14.8 Å². The fraction of sp³-hybridized carbons (Fsp3) is 0.286. The molecule has 1 heterocycles. The number of hydrogen-bond donors (Lipinski definition) is 1. The molecule has 1 aromatic rings. The Bertz CT molecular complexity index is 611. The molecule has 0 aliphatic carbocycles. The molecular weight excluding hydrogens is 373 g/mol. The van der Waals surface area contributed by atoms with E-state index in [0.717, 1.165) is 3.57 Å². The first kappa shape index (κ1) is 14.8. The lowest BCUT2D eigenvalue weighted by atomic mass is 9.89. The number of fused-ring (bicyclic) bond motifs is 1. The number of nitrogens with one attached hydrogen (secondary N) is 1. The van der Waals surface area contributed by atoms with Crippen LogP contribution in [0.25, 0.3) is 5.57 Å². The van der Waals surface area contributed by atoms with Crippen molar-refractivity contribution in [3.63, 3.8) is 0 Å². The SMILES string of the molecule is COC(=O)C1=C[C@@](C)(C(=O)OC)Nc2ccc(I)cc21. The van der Waals surface area contributed by atoms with Crippen LogP contribution < -0.4 is 5.32 Å². The molecule has 6 heteroatoms. The van der Waals surface area contributed by atoms with Gasteiger partial charge in [0.1, 0.15) is 0 Å². The van der Waals surface area contributed by atoms with Crippen molar-refractivity contribution in [1.29, 1.82) is 0 Å². The molecule has 0 saturated carbocycles. The molecule has 1 N–H and O–H groups in total. The van der Waals surface area contributed by atoms with Gasteiger partial charge in [-0.05, 0) is 53.8 Å². The molecule has 0 saturated heterocycles. The topological polar surface area (TPSA) is 64.6 Å². The van der Waals surface area contributed by atoms with Crippen LogP contribution in [0.15, 0.2) is 24.3 Å². The molecule has 1 aromatic carbocycles. The third kappa shape index (κ3) is 2.52. The summed E-state index contributed by atoms with van der Waals surface area (Å²) in [5.74, 6) is -0.951. The smallest absolute Gasteiger partial charge is 0.338 e. The number of rotatable bonds is 2. The Labute approximate surface area is 130 Å². The van der Waals surface area contributed by atoms with Gasteiger partial charge in [-0.2, -0.15) is 0 Å². The number of carbonyl (C=O) groups excluding carboxylic acids is 2. The number of halogens is 1. The highest BCUT2D eigenvalue weighted by atomic mass is 127. The number of anilines is 1. The zero-order valence-corrected chi connectivity index (χ0v) is 13.5. The average molecular weight is 387 g/mol. The van der Waals surface area contributed by atoms with Gasteiger partial charge in [-0.15, -0.1) is 0 Å². The third-order valence-corrected chi connectivity index (χ3v) is 3.78. The highest BCUT2D eigenvalue weighted by Gasteiger charge is 2.38. The Hall–Kier alpha value is -1.57. The summed E-state index contributed by atoms with van der Waals surface area (Å²) < 4.78 is 10.6. The summed E-state index contributed by atoms with van der Waals surface area (Å²) in [6.07, 6.45) is 1.54. The summed E-state index contributed by atoms with van der Waals surface area (Å²) in [4.78, 5) is 23.9. The molecule has 0 aromatic heterocycles. The maximum absolute atomic E-state index is 12.0. The Morgan fingerprint density at radius 1 is 1.25 bits per heavy atom. The van der Waals surface area contributed by atoms with E-state index in [1.165, 1.54) is 14.2 Å². The minimum absolute atomic E-state index is 0.354. The van der Waals surface area contributed by atoms with Crippen molar-refractivity contribution in [3.8, 4) is 0 Å². The average Bonchev–Trinajstić information content (AvgIpc) is 2.45. The molecular formula is C14H14INO4. The molecule has 1 aliphatic rings. The zero-order chi connectivity index (χ0) is 14.9. The van der Waals surface area contributed by atoms with Crippen molar-refractivity contribution in [2.75, 3.05) is 19.5 Å². The second kappa shape index (κ2) is 5.43. The number of hydrogen-bond acceptors (Lipinski definition) is 5. The van der Waals surface area contributed by atoms with Crippen LogP contribution in [0.5, 0.6) is 0 Å². The van der Waals surface area contributed by atoms with Crippen LogP contribution in [0.2, 0.25) is 0 Å². The van der Waals surface area contributed by atoms with Crippen molar-refractivity contribution in [2.24, 2.45) is 0 Å². The fourth-order valence-corrected chi connectivity index (χ4v) is 2.62. The van der Waals surface area contributed by atoms with Crippen molar-refractivity contribution in [3.05, 3.63) is 33.4 Å². The van der Waals surface area contributed by atoms with E-state index in [4.69, 9.17) is 9.47 Å². The molecule has 106 valence electrons. The van der Waals surface area contributed by atoms with Gasteiger partial charge in [-0.1, -0.05) is 0 Å². The molecule has 2 rings (SSSR count). The van der Waals surface area contributed by atoms with Crippen molar-refractivity contribution in [2.45, 2.75) is 12.5 Å². The maximum atomic E-state index is 12.0. The van der Waals surface area contributed by atoms with Crippen LogP contribution in [0.3, 0.4) is 0 Å². The summed E-state index contributed by atoms with van der Waals surface area (Å²) in [7, 11) is 2.62. The first-order valence-electron chi connectivity index (χ1n) is 5.89. The highest BCUT2D eigenvalue weighted by molar-refractivity contribution is 14.1. The predicted octanol–water partition coefficient (Wildman–Crippen LogP) is 2.20. The second-order valence-corrected chi connectivity index (χ2v) is 5.80. The van der Waals surface area contributed by atoms with E-state index in [2.05, 4.69) is 27.9 Å². The monoisotopic (exact) mass is 387 g/mol. The number of ether oxygens (including phenoxy) is 2. The van der Waals surface area contributed by atoms with Gasteiger partial charge in [0.2, 0.25) is 0 Å². The van der Waals surface area contributed by atoms with Gasteiger partial charge in [0, 0.05) is 14.8 Å². The maximum Gasteiger partial charge on any atom is 0.338 e. The standard InChI is InChI=1S/C14H14INO4/c1-14(13(18)20-3)7-10(12(17)19-2)9-6-8(15)4-5-11(9)16-14/h4-7,16H,1-3H3/t14-/m0/s1. The first-order chi connectivity index (χ1) is 9.41. The largest absolute Gasteiger partial charge is 0.467 e. The fourth-order valence-electron chi connectivity index (χ4n) is 2.13. The summed E-state index contributed by atoms with van der Waals surface area (Å²) in [6, 6.07) is 5.58. The first-order valence-corrected chi connectivity index (χ1v) is 6.97. The lowest BCUT2D eigenvalue weighted by Crippen LogP contribution is -2.45. The summed E-state index contributed by atoms with van der Waals surface area (Å²) >= 11 is 2.16. The van der Waals surface area contributed by atoms with Gasteiger partial charge in [0.25, 0.3) is 0 Å². The van der Waals surface area contributed by atoms with E-state index in [-0.39, 0.29) is 0 Å². The van der Waals surface area contributed by atoms with Crippen molar-refractivity contribution >= 4 is 45.8 Å². The van der Waals surface area contributed by atoms with E-state index < -0.39 is 17.5 Å². The molecule has 1 atom stereocenters. The lowest BCUT2D eigenvalue weighted by molar-refractivity contribution is -0.143. The van der Waals surface area contributed by atoms with Gasteiger partial charge in [0.15, 0.2) is 5.54 Å². The minimum atomic E-state index is -1.10. The Morgan fingerprint density at radius 2 is 1.95 bits per heavy atom. The van der Waals surface area contributed by atoms with E-state index in [9.17, 15) is 9.59 Å². The van der Waals surface area contributed by atoms with E-state index in [0.29, 0.717) is 16.8 Å². The zero-order valence-electron chi connectivity index (χ0n) is 11.3. The van der Waals surface area contributed by atoms with E-state index in [1.54, 1.807) is 13.0 Å². The van der Waals surface area contributed by atoms with Crippen molar-refractivity contribution in [1.82, 2.24) is 0 Å². The number of esters is 2.